The van der Waals surface area contributed by atoms with Gasteiger partial charge in [-0.3, -0.25) is 44.2 Å². The molecule has 1 amide bonds. The molecule has 4 aromatic carbocycles. The van der Waals surface area contributed by atoms with Crippen molar-refractivity contribution in [3.8, 4) is 23.0 Å². The maximum absolute atomic E-state index is 12.3. The number of fused-ring (bicyclic) bond motifs is 4. The van der Waals surface area contributed by atoms with E-state index in [4.69, 9.17) is 36.3 Å². The van der Waals surface area contributed by atoms with Crippen molar-refractivity contribution >= 4 is 83.9 Å². The average molecular weight is 951 g/mol. The molecule has 0 saturated carbocycles. The molecule has 0 spiro atoms. The number of rotatable bonds is 12. The van der Waals surface area contributed by atoms with Gasteiger partial charge < -0.3 is 30.0 Å². The number of aryl methyl sites for hydroxylation is 3. The number of hydrogen-bond donors (Lipinski definition) is 3. The highest BCUT2D eigenvalue weighted by Gasteiger charge is 2.19. The van der Waals surface area contributed by atoms with Gasteiger partial charge in [0, 0.05) is 97.7 Å². The number of aromatic amines is 1. The second kappa shape index (κ2) is 22.1. The van der Waals surface area contributed by atoms with E-state index >= 15 is 0 Å². The smallest absolute Gasteiger partial charge is 0.311 e. The third kappa shape index (κ3) is 12.0. The lowest BCUT2D eigenvalue weighted by molar-refractivity contribution is -0.385. The van der Waals surface area contributed by atoms with Crippen molar-refractivity contribution < 1.29 is 33.6 Å². The Hall–Kier alpha value is -8.60. The number of halogens is 1. The number of anilines is 2. The van der Waals surface area contributed by atoms with E-state index in [1.54, 1.807) is 59.3 Å². The second-order valence-electron chi connectivity index (χ2n) is 14.3. The van der Waals surface area contributed by atoms with Gasteiger partial charge in [0.1, 0.15) is 22.3 Å². The van der Waals surface area contributed by atoms with E-state index in [-0.39, 0.29) is 33.7 Å². The van der Waals surface area contributed by atoms with Crippen LogP contribution in [0.15, 0.2) is 85.7 Å². The first-order valence-corrected chi connectivity index (χ1v) is 21.2. The normalized spacial score (nSPS) is 10.6. The molecule has 0 unspecified atom stereocenters. The van der Waals surface area contributed by atoms with Crippen LogP contribution in [0.1, 0.15) is 38.2 Å². The van der Waals surface area contributed by atoms with Crippen LogP contribution in [-0.4, -0.2) is 91.7 Å². The number of nitrogens with one attached hydrogen (secondary N) is 2. The Bertz CT molecular complexity index is 3220. The van der Waals surface area contributed by atoms with E-state index < -0.39 is 15.8 Å². The Balaban J connectivity index is 0.000000152. The summed E-state index contributed by atoms with van der Waals surface area (Å²) >= 11 is 5.68. The van der Waals surface area contributed by atoms with Gasteiger partial charge in [0.2, 0.25) is 0 Å². The molecule has 9 rings (SSSR count). The number of benzene rings is 4. The highest BCUT2D eigenvalue weighted by Crippen LogP contribution is 2.33. The van der Waals surface area contributed by atoms with Crippen LogP contribution in [-0.2, 0) is 21.1 Å². The third-order valence-corrected chi connectivity index (χ3v) is 9.58. The molecular weight excluding hydrogens is 904 g/mol. The molecule has 0 aliphatic carbocycles. The third-order valence-electron chi connectivity index (χ3n) is 9.38. The minimum Gasteiger partial charge on any atom is -0.492 e. The molecule has 5 heterocycles. The Morgan fingerprint density at radius 2 is 1.12 bits per heavy atom. The van der Waals surface area contributed by atoms with E-state index in [2.05, 4.69) is 40.8 Å². The highest BCUT2D eigenvalue weighted by molar-refractivity contribution is 6.29. The molecule has 0 aliphatic heterocycles. The van der Waals surface area contributed by atoms with Gasteiger partial charge in [-0.25, -0.2) is 9.97 Å². The Morgan fingerprint density at radius 1 is 0.647 bits per heavy atom. The molecule has 354 valence electrons. The fraction of sp³-hybridized carbons (Fsp3) is 0.250. The largest absolute Gasteiger partial charge is 0.492 e. The average Bonchev–Trinajstić information content (AvgIpc) is 4.09. The maximum atomic E-state index is 12.3. The molecule has 24 heteroatoms. The number of nitrogens with two attached hydrogens (primary N) is 1. The number of carbonyl (C=O) groups excluding carboxylic acids is 1. The Labute approximate surface area is 392 Å². The van der Waals surface area contributed by atoms with Crippen molar-refractivity contribution in [2.24, 2.45) is 21.1 Å². The number of ether oxygens (including phenoxy) is 4. The van der Waals surface area contributed by atoms with Crippen LogP contribution >= 0.6 is 11.6 Å². The SMILES string of the molecule is CCOc1cc2[nH]ncc2cc1[N+](=O)[O-].CCOc1cc2nn(C)cc2cc1N.CCOc1cc2nn(C)cc2cc1NC(=O)c1cnc(Cl)cn1.CCOc1cc2nn(C)cc2cc1[N+](=O)[O-]. The van der Waals surface area contributed by atoms with Gasteiger partial charge in [-0.2, -0.15) is 20.4 Å². The minimum absolute atomic E-state index is 0.0256. The maximum Gasteiger partial charge on any atom is 0.311 e. The molecule has 0 fully saturated rings. The lowest BCUT2D eigenvalue weighted by atomic mass is 10.2. The number of H-pyrrole nitrogens is 1. The number of nitro benzene ring substituents is 2. The first kappa shape index (κ1) is 48.8. The number of nitro groups is 2. The summed E-state index contributed by atoms with van der Waals surface area (Å²) in [5, 5.41) is 47.3. The van der Waals surface area contributed by atoms with Crippen LogP contribution in [0, 0.1) is 20.2 Å². The second-order valence-corrected chi connectivity index (χ2v) is 14.7. The van der Waals surface area contributed by atoms with Crippen molar-refractivity contribution in [3.05, 3.63) is 117 Å². The lowest BCUT2D eigenvalue weighted by Crippen LogP contribution is -2.14. The van der Waals surface area contributed by atoms with Crippen LogP contribution in [0.4, 0.5) is 22.7 Å². The van der Waals surface area contributed by atoms with Gasteiger partial charge in [0.25, 0.3) is 5.91 Å². The lowest BCUT2D eigenvalue weighted by Gasteiger charge is -2.11. The molecule has 0 saturated heterocycles. The van der Waals surface area contributed by atoms with Crippen LogP contribution in [0.3, 0.4) is 0 Å². The number of amides is 1. The van der Waals surface area contributed by atoms with E-state index in [0.717, 1.165) is 32.7 Å². The predicted molar refractivity (Wildman–Crippen MR) is 256 cm³/mol. The molecule has 5 aromatic heterocycles. The van der Waals surface area contributed by atoms with Crippen molar-refractivity contribution in [1.82, 2.24) is 49.5 Å². The summed E-state index contributed by atoms with van der Waals surface area (Å²) in [5.74, 6) is 1.39. The minimum atomic E-state index is -0.461. The van der Waals surface area contributed by atoms with E-state index in [1.165, 1.54) is 30.7 Å². The number of nitrogen functional groups attached to an aromatic ring is 1. The molecule has 68 heavy (non-hydrogen) atoms. The van der Waals surface area contributed by atoms with Crippen LogP contribution < -0.4 is 30.0 Å². The van der Waals surface area contributed by atoms with Gasteiger partial charge in [-0.05, 0) is 39.8 Å². The summed E-state index contributed by atoms with van der Waals surface area (Å²) in [7, 11) is 5.49. The summed E-state index contributed by atoms with van der Waals surface area (Å²) in [6.45, 7) is 9.23. The molecule has 9 aromatic rings. The first-order valence-electron chi connectivity index (χ1n) is 20.8. The standard InChI is InChI=1S/C15H14ClN5O2.C10H11N3O3.C10H13N3O.C9H9N3O3/c1-3-23-13-5-10-9(8-21(2)20-10)4-11(13)19-15(22)12-6-18-14(16)7-17-12;1-3-16-10-5-8-7(6-12(2)11-8)4-9(10)13(14)15;1-3-14-10-5-9-7(4-8(10)11)6-13(2)12-9;1-2-15-9-4-7-6(5-10-11-7)3-8(9)12(13)14/h4-8H,3H2,1-2H3,(H,19,22);4-6H,3H2,1-2H3;4-6H,3,11H2,1-2H3;3-5H,2H2,1H3,(H,10,11). The van der Waals surface area contributed by atoms with Crippen LogP contribution in [0.2, 0.25) is 5.15 Å². The summed E-state index contributed by atoms with van der Waals surface area (Å²) in [4.78, 5) is 40.8. The molecule has 0 bridgehead atoms. The van der Waals surface area contributed by atoms with Crippen molar-refractivity contribution in [1.29, 1.82) is 0 Å². The number of carbonyl (C=O) groups is 1. The van der Waals surface area contributed by atoms with E-state index in [1.807, 2.05) is 58.5 Å². The molecule has 0 aliphatic rings. The van der Waals surface area contributed by atoms with Gasteiger partial charge in [-0.15, -0.1) is 0 Å². The number of hydrogen-bond acceptors (Lipinski definition) is 16. The fourth-order valence-corrected chi connectivity index (χ4v) is 6.69. The van der Waals surface area contributed by atoms with Gasteiger partial charge in [0.15, 0.2) is 11.5 Å². The molecule has 23 nitrogen and oxygen atoms in total. The Kier molecular flexibility index (Phi) is 15.8. The first-order chi connectivity index (χ1) is 32.6. The van der Waals surface area contributed by atoms with E-state index in [0.29, 0.717) is 60.2 Å². The summed E-state index contributed by atoms with van der Waals surface area (Å²) in [6, 6.07) is 13.5. The van der Waals surface area contributed by atoms with Crippen LogP contribution in [0.25, 0.3) is 43.6 Å². The summed E-state index contributed by atoms with van der Waals surface area (Å²) in [6.07, 6.45) is 9.71. The van der Waals surface area contributed by atoms with Crippen molar-refractivity contribution in [2.75, 3.05) is 37.5 Å². The summed E-state index contributed by atoms with van der Waals surface area (Å²) < 4.78 is 26.5. The number of aromatic nitrogens is 10. The predicted octanol–water partition coefficient (Wildman–Crippen LogP) is 7.97. The zero-order valence-electron chi connectivity index (χ0n) is 38.0. The molecular formula is C44H47ClN14O9. The van der Waals surface area contributed by atoms with E-state index in [9.17, 15) is 25.0 Å². The topological polar surface area (TPSA) is 286 Å². The highest BCUT2D eigenvalue weighted by atomic mass is 35.5. The molecule has 0 radical (unpaired) electrons. The van der Waals surface area contributed by atoms with Gasteiger partial charge in [-0.1, -0.05) is 11.6 Å². The van der Waals surface area contributed by atoms with Gasteiger partial charge >= 0.3 is 11.4 Å². The zero-order valence-corrected chi connectivity index (χ0v) is 38.7. The quantitative estimate of drug-likeness (QED) is 0.0594. The zero-order chi connectivity index (χ0) is 49.1. The molecule has 0 atom stereocenters. The van der Waals surface area contributed by atoms with Crippen LogP contribution in [0.5, 0.6) is 23.0 Å². The Morgan fingerprint density at radius 3 is 1.65 bits per heavy atom. The monoisotopic (exact) mass is 950 g/mol. The fourth-order valence-electron chi connectivity index (χ4n) is 6.59. The number of nitrogens with zero attached hydrogens (tertiary/aromatic N) is 11. The van der Waals surface area contributed by atoms with Gasteiger partial charge in [0.05, 0.1) is 88.3 Å². The van der Waals surface area contributed by atoms with Crippen molar-refractivity contribution in [3.63, 3.8) is 0 Å². The van der Waals surface area contributed by atoms with Crippen molar-refractivity contribution in [2.45, 2.75) is 27.7 Å². The molecule has 4 N–H and O–H groups in total. The summed E-state index contributed by atoms with van der Waals surface area (Å²) in [5.41, 5.74) is 10.3.